The second-order valence-electron chi connectivity index (χ2n) is 6.67. The van der Waals surface area contributed by atoms with E-state index in [-0.39, 0.29) is 18.2 Å². The number of benzene rings is 1. The van der Waals surface area contributed by atoms with Crippen LogP contribution in [0, 0.1) is 18.7 Å². The Balaban J connectivity index is 1.61. The molecule has 1 aliphatic rings. The molecule has 0 spiro atoms. The minimum atomic E-state index is -0.401. The number of nitrogens with zero attached hydrogens (tertiary/aromatic N) is 2. The first kappa shape index (κ1) is 17.5. The Morgan fingerprint density at radius 3 is 2.84 bits per heavy atom. The van der Waals surface area contributed by atoms with Crippen LogP contribution in [0.5, 0.6) is 5.75 Å². The van der Waals surface area contributed by atoms with Crippen molar-refractivity contribution < 1.29 is 13.9 Å². The van der Waals surface area contributed by atoms with Gasteiger partial charge in [0, 0.05) is 19.2 Å². The van der Waals surface area contributed by atoms with Crippen LogP contribution < -0.4 is 10.1 Å². The van der Waals surface area contributed by atoms with Gasteiger partial charge in [0.05, 0.1) is 12.3 Å². The normalized spacial score (nSPS) is 14.7. The molecule has 0 aliphatic heterocycles. The average Bonchev–Trinajstić information content (AvgIpc) is 3.22. The molecule has 3 rings (SSSR count). The first-order valence-corrected chi connectivity index (χ1v) is 8.73. The van der Waals surface area contributed by atoms with Crippen LogP contribution in [0.25, 0.3) is 0 Å². The highest BCUT2D eigenvalue weighted by molar-refractivity contribution is 5.92. The molecule has 0 bridgehead atoms. The van der Waals surface area contributed by atoms with Crippen LogP contribution in [0.15, 0.2) is 24.3 Å². The summed E-state index contributed by atoms with van der Waals surface area (Å²) in [5.74, 6) is 0.104. The second kappa shape index (κ2) is 7.68. The molecule has 0 saturated heterocycles. The van der Waals surface area contributed by atoms with Crippen LogP contribution in [0.1, 0.15) is 47.4 Å². The second-order valence-corrected chi connectivity index (χ2v) is 6.67. The molecule has 1 N–H and O–H groups in total. The average molecular weight is 345 g/mol. The number of aryl methyl sites for hydroxylation is 2. The van der Waals surface area contributed by atoms with E-state index >= 15 is 0 Å². The van der Waals surface area contributed by atoms with E-state index in [4.69, 9.17) is 4.74 Å². The van der Waals surface area contributed by atoms with Gasteiger partial charge in [0.2, 0.25) is 0 Å². The molecule has 1 fully saturated rings. The summed E-state index contributed by atoms with van der Waals surface area (Å²) in [5.41, 5.74) is 1.63. The Morgan fingerprint density at radius 2 is 2.16 bits per heavy atom. The standard InChI is InChI=1S/C19H24FN3O2/c1-13-10-16(23(2)22-13)19(24)21-11-15-8-5-9-17(18(15)20)25-12-14-6-3-4-7-14/h5,8-10,14H,3-4,6-7,11-12H2,1-2H3,(H,21,24). The molecule has 1 aromatic heterocycles. The number of carbonyl (C=O) groups excluding carboxylic acids is 1. The van der Waals surface area contributed by atoms with E-state index in [1.54, 1.807) is 31.3 Å². The molecule has 0 unspecified atom stereocenters. The van der Waals surface area contributed by atoms with E-state index in [1.807, 2.05) is 6.92 Å². The Kier molecular flexibility index (Phi) is 5.36. The van der Waals surface area contributed by atoms with Gasteiger partial charge < -0.3 is 10.1 Å². The quantitative estimate of drug-likeness (QED) is 0.873. The fourth-order valence-electron chi connectivity index (χ4n) is 3.28. The van der Waals surface area contributed by atoms with E-state index in [0.717, 1.165) is 18.5 Å². The topological polar surface area (TPSA) is 56.1 Å². The molecule has 0 atom stereocenters. The number of aromatic nitrogens is 2. The maximum absolute atomic E-state index is 14.6. The number of ether oxygens (including phenoxy) is 1. The van der Waals surface area contributed by atoms with Crippen molar-refractivity contribution in [2.75, 3.05) is 6.61 Å². The van der Waals surface area contributed by atoms with Gasteiger partial charge in [0.15, 0.2) is 11.6 Å². The van der Waals surface area contributed by atoms with E-state index in [2.05, 4.69) is 10.4 Å². The molecular formula is C19H24FN3O2. The van der Waals surface area contributed by atoms with Crippen molar-refractivity contribution in [3.63, 3.8) is 0 Å². The van der Waals surface area contributed by atoms with Gasteiger partial charge in [0.1, 0.15) is 5.69 Å². The van der Waals surface area contributed by atoms with Crippen LogP contribution in [-0.4, -0.2) is 22.3 Å². The summed E-state index contributed by atoms with van der Waals surface area (Å²) in [7, 11) is 1.71. The molecule has 0 radical (unpaired) electrons. The zero-order chi connectivity index (χ0) is 17.8. The highest BCUT2D eigenvalue weighted by Gasteiger charge is 2.18. The summed E-state index contributed by atoms with van der Waals surface area (Å²) in [6, 6.07) is 6.75. The van der Waals surface area contributed by atoms with Gasteiger partial charge in [-0.05, 0) is 37.8 Å². The van der Waals surface area contributed by atoms with Gasteiger partial charge in [-0.25, -0.2) is 4.39 Å². The van der Waals surface area contributed by atoms with Crippen molar-refractivity contribution in [1.82, 2.24) is 15.1 Å². The first-order chi connectivity index (χ1) is 12.0. The summed E-state index contributed by atoms with van der Waals surface area (Å²) in [4.78, 5) is 12.2. The van der Waals surface area contributed by atoms with Gasteiger partial charge in [-0.3, -0.25) is 9.48 Å². The van der Waals surface area contributed by atoms with Crippen molar-refractivity contribution in [2.45, 2.75) is 39.2 Å². The van der Waals surface area contributed by atoms with Gasteiger partial charge in [0.25, 0.3) is 5.91 Å². The van der Waals surface area contributed by atoms with Crippen molar-refractivity contribution in [3.8, 4) is 5.75 Å². The maximum Gasteiger partial charge on any atom is 0.269 e. The predicted molar refractivity (Wildman–Crippen MR) is 93.0 cm³/mol. The monoisotopic (exact) mass is 345 g/mol. The van der Waals surface area contributed by atoms with Gasteiger partial charge >= 0.3 is 0 Å². The molecule has 1 aliphatic carbocycles. The van der Waals surface area contributed by atoms with Crippen LogP contribution in [0.3, 0.4) is 0 Å². The highest BCUT2D eigenvalue weighted by Crippen LogP contribution is 2.27. The Morgan fingerprint density at radius 1 is 1.40 bits per heavy atom. The fraction of sp³-hybridized carbons (Fsp3) is 0.474. The molecule has 6 heteroatoms. The molecule has 25 heavy (non-hydrogen) atoms. The highest BCUT2D eigenvalue weighted by atomic mass is 19.1. The molecule has 5 nitrogen and oxygen atoms in total. The van der Waals surface area contributed by atoms with Crippen LogP contribution >= 0.6 is 0 Å². The SMILES string of the molecule is Cc1cc(C(=O)NCc2cccc(OCC3CCCC3)c2F)n(C)n1. The van der Waals surface area contributed by atoms with Gasteiger partial charge in [-0.2, -0.15) is 5.10 Å². The van der Waals surface area contributed by atoms with Crippen molar-refractivity contribution in [2.24, 2.45) is 13.0 Å². The summed E-state index contributed by atoms with van der Waals surface area (Å²) in [5, 5.41) is 6.88. The van der Waals surface area contributed by atoms with Gasteiger partial charge in [-0.15, -0.1) is 0 Å². The lowest BCUT2D eigenvalue weighted by Crippen LogP contribution is -2.25. The third-order valence-electron chi connectivity index (χ3n) is 4.67. The molecule has 1 amide bonds. The molecule has 2 aromatic rings. The Labute approximate surface area is 147 Å². The summed E-state index contributed by atoms with van der Waals surface area (Å²) in [6.07, 6.45) is 4.77. The van der Waals surface area contributed by atoms with Gasteiger partial charge in [-0.1, -0.05) is 25.0 Å². The third-order valence-corrected chi connectivity index (χ3v) is 4.67. The van der Waals surface area contributed by atoms with E-state index < -0.39 is 5.82 Å². The molecule has 1 aromatic carbocycles. The lowest BCUT2D eigenvalue weighted by molar-refractivity contribution is 0.0941. The van der Waals surface area contributed by atoms with E-state index in [0.29, 0.717) is 23.8 Å². The Hall–Kier alpha value is -2.37. The molecule has 1 saturated carbocycles. The number of carbonyl (C=O) groups is 1. The largest absolute Gasteiger partial charge is 0.490 e. The lowest BCUT2D eigenvalue weighted by atomic mass is 10.1. The van der Waals surface area contributed by atoms with Crippen molar-refractivity contribution in [3.05, 3.63) is 47.0 Å². The number of hydrogen-bond donors (Lipinski definition) is 1. The zero-order valence-electron chi connectivity index (χ0n) is 14.7. The number of halogens is 1. The summed E-state index contributed by atoms with van der Waals surface area (Å²) < 4.78 is 21.8. The number of amides is 1. The lowest BCUT2D eigenvalue weighted by Gasteiger charge is -2.14. The summed E-state index contributed by atoms with van der Waals surface area (Å²) >= 11 is 0. The maximum atomic E-state index is 14.6. The Bertz CT molecular complexity index is 751. The molecule has 134 valence electrons. The van der Waals surface area contributed by atoms with Crippen molar-refractivity contribution in [1.29, 1.82) is 0 Å². The molecule has 1 heterocycles. The van der Waals surface area contributed by atoms with Crippen LogP contribution in [-0.2, 0) is 13.6 Å². The minimum absolute atomic E-state index is 0.107. The number of rotatable bonds is 6. The molecular weight excluding hydrogens is 321 g/mol. The summed E-state index contributed by atoms with van der Waals surface area (Å²) in [6.45, 7) is 2.48. The smallest absolute Gasteiger partial charge is 0.269 e. The first-order valence-electron chi connectivity index (χ1n) is 8.73. The minimum Gasteiger partial charge on any atom is -0.490 e. The fourth-order valence-corrected chi connectivity index (χ4v) is 3.28. The van der Waals surface area contributed by atoms with Crippen LogP contribution in [0.2, 0.25) is 0 Å². The zero-order valence-corrected chi connectivity index (χ0v) is 14.7. The van der Waals surface area contributed by atoms with E-state index in [1.165, 1.54) is 17.5 Å². The predicted octanol–water partition coefficient (Wildman–Crippen LogP) is 3.37. The van der Waals surface area contributed by atoms with E-state index in [9.17, 15) is 9.18 Å². The number of nitrogens with one attached hydrogen (secondary N) is 1. The van der Waals surface area contributed by atoms with Crippen molar-refractivity contribution >= 4 is 5.91 Å². The van der Waals surface area contributed by atoms with Crippen LogP contribution in [0.4, 0.5) is 4.39 Å². The number of hydrogen-bond acceptors (Lipinski definition) is 3. The third kappa shape index (κ3) is 4.18.